The Hall–Kier alpha value is -1.63. The summed E-state index contributed by atoms with van der Waals surface area (Å²) < 4.78 is 1.91. The number of rotatable bonds is 5. The molecule has 0 aliphatic heterocycles. The number of pyridine rings is 1. The highest BCUT2D eigenvalue weighted by Gasteiger charge is 2.28. The maximum atomic E-state index is 4.25. The van der Waals surface area contributed by atoms with Gasteiger partial charge in [-0.1, -0.05) is 0 Å². The van der Waals surface area contributed by atoms with E-state index in [1.165, 1.54) is 12.8 Å². The standard InChI is InChI=1S/C11H14N6S/c1-2-12-10-7-9(5-6-13-10)18-11-14-15-16-17(11)8-3-4-8/h5-8H,2-4H2,1H3,(H,12,13). The number of nitrogens with zero attached hydrogens (tertiary/aromatic N) is 5. The zero-order valence-corrected chi connectivity index (χ0v) is 10.9. The van der Waals surface area contributed by atoms with Crippen molar-refractivity contribution in [1.29, 1.82) is 0 Å². The molecule has 2 heterocycles. The van der Waals surface area contributed by atoms with Crippen molar-refractivity contribution in [2.75, 3.05) is 11.9 Å². The SMILES string of the molecule is CCNc1cc(Sc2nnnn2C2CC2)ccn1. The second kappa shape index (κ2) is 4.93. The number of nitrogens with one attached hydrogen (secondary N) is 1. The first kappa shape index (κ1) is 11.5. The molecule has 0 atom stereocenters. The number of hydrogen-bond acceptors (Lipinski definition) is 6. The summed E-state index contributed by atoms with van der Waals surface area (Å²) >= 11 is 1.58. The molecule has 0 aromatic carbocycles. The van der Waals surface area contributed by atoms with Crippen LogP contribution in [0.4, 0.5) is 5.82 Å². The first-order valence-corrected chi connectivity index (χ1v) is 6.84. The zero-order chi connectivity index (χ0) is 12.4. The Kier molecular flexibility index (Phi) is 3.14. The van der Waals surface area contributed by atoms with Gasteiger partial charge in [0.05, 0.1) is 6.04 Å². The molecular weight excluding hydrogens is 248 g/mol. The lowest BCUT2D eigenvalue weighted by molar-refractivity contribution is 0.565. The van der Waals surface area contributed by atoms with Gasteiger partial charge in [0, 0.05) is 17.6 Å². The second-order valence-corrected chi connectivity index (χ2v) is 5.19. The Balaban J connectivity index is 1.78. The minimum atomic E-state index is 0.498. The molecular formula is C11H14N6S. The second-order valence-electron chi connectivity index (χ2n) is 4.15. The molecule has 7 heteroatoms. The maximum Gasteiger partial charge on any atom is 0.214 e. The normalized spacial score (nSPS) is 14.7. The molecule has 1 N–H and O–H groups in total. The average molecular weight is 262 g/mol. The molecule has 1 aliphatic rings. The number of anilines is 1. The lowest BCUT2D eigenvalue weighted by Gasteiger charge is -2.05. The van der Waals surface area contributed by atoms with E-state index in [9.17, 15) is 0 Å². The van der Waals surface area contributed by atoms with Gasteiger partial charge >= 0.3 is 0 Å². The van der Waals surface area contributed by atoms with Gasteiger partial charge in [0.15, 0.2) is 0 Å². The van der Waals surface area contributed by atoms with Gasteiger partial charge in [-0.2, -0.15) is 0 Å². The van der Waals surface area contributed by atoms with E-state index in [1.54, 1.807) is 18.0 Å². The van der Waals surface area contributed by atoms with Crippen LogP contribution in [0.3, 0.4) is 0 Å². The van der Waals surface area contributed by atoms with Crippen LogP contribution in [0.1, 0.15) is 25.8 Å². The molecule has 2 aromatic rings. The summed E-state index contributed by atoms with van der Waals surface area (Å²) in [7, 11) is 0. The summed E-state index contributed by atoms with van der Waals surface area (Å²) in [6.07, 6.45) is 4.15. The Morgan fingerprint density at radius 2 is 2.39 bits per heavy atom. The molecule has 0 radical (unpaired) electrons. The number of hydrogen-bond donors (Lipinski definition) is 1. The summed E-state index contributed by atoms with van der Waals surface area (Å²) in [5.41, 5.74) is 0. The quantitative estimate of drug-likeness (QED) is 0.888. The third kappa shape index (κ3) is 2.45. The molecule has 94 valence electrons. The molecule has 6 nitrogen and oxygen atoms in total. The summed E-state index contributed by atoms with van der Waals surface area (Å²) in [5.74, 6) is 0.882. The molecule has 0 amide bonds. The molecule has 1 aliphatic carbocycles. The van der Waals surface area contributed by atoms with Crippen molar-refractivity contribution >= 4 is 17.6 Å². The predicted molar refractivity (Wildman–Crippen MR) is 68.6 cm³/mol. The average Bonchev–Trinajstić information content (AvgIpc) is 3.12. The Labute approximate surface area is 109 Å². The van der Waals surface area contributed by atoms with E-state index >= 15 is 0 Å². The molecule has 3 rings (SSSR count). The lowest BCUT2D eigenvalue weighted by atomic mass is 10.4. The van der Waals surface area contributed by atoms with Crippen LogP contribution in [0.15, 0.2) is 28.4 Å². The highest BCUT2D eigenvalue weighted by atomic mass is 32.2. The van der Waals surface area contributed by atoms with Crippen LogP contribution in [-0.2, 0) is 0 Å². The number of tetrazole rings is 1. The lowest BCUT2D eigenvalue weighted by Crippen LogP contribution is -2.00. The van der Waals surface area contributed by atoms with Gasteiger partial charge in [0.25, 0.3) is 0 Å². The Morgan fingerprint density at radius 3 is 3.17 bits per heavy atom. The van der Waals surface area contributed by atoms with Crippen molar-refractivity contribution in [3.63, 3.8) is 0 Å². The van der Waals surface area contributed by atoms with Crippen molar-refractivity contribution in [1.82, 2.24) is 25.2 Å². The van der Waals surface area contributed by atoms with Gasteiger partial charge in [0.1, 0.15) is 5.82 Å². The highest BCUT2D eigenvalue weighted by Crippen LogP contribution is 2.38. The van der Waals surface area contributed by atoms with Gasteiger partial charge in [-0.25, -0.2) is 9.67 Å². The van der Waals surface area contributed by atoms with E-state index in [1.807, 2.05) is 16.8 Å². The van der Waals surface area contributed by atoms with E-state index in [2.05, 4.69) is 32.7 Å². The molecule has 0 unspecified atom stereocenters. The van der Waals surface area contributed by atoms with Gasteiger partial charge in [-0.15, -0.1) is 5.10 Å². The van der Waals surface area contributed by atoms with Crippen molar-refractivity contribution in [3.8, 4) is 0 Å². The molecule has 0 saturated heterocycles. The fourth-order valence-corrected chi connectivity index (χ4v) is 2.53. The van der Waals surface area contributed by atoms with Crippen molar-refractivity contribution in [3.05, 3.63) is 18.3 Å². The zero-order valence-electron chi connectivity index (χ0n) is 10.1. The summed E-state index contributed by atoms with van der Waals surface area (Å²) in [4.78, 5) is 5.34. The van der Waals surface area contributed by atoms with Crippen molar-refractivity contribution in [2.24, 2.45) is 0 Å². The van der Waals surface area contributed by atoms with E-state index in [0.29, 0.717) is 6.04 Å². The van der Waals surface area contributed by atoms with E-state index in [0.717, 1.165) is 22.4 Å². The summed E-state index contributed by atoms with van der Waals surface area (Å²) in [5, 5.41) is 15.9. The fourth-order valence-electron chi connectivity index (χ4n) is 1.66. The minimum absolute atomic E-state index is 0.498. The van der Waals surface area contributed by atoms with Crippen LogP contribution < -0.4 is 5.32 Å². The third-order valence-corrected chi connectivity index (χ3v) is 3.59. The van der Waals surface area contributed by atoms with Gasteiger partial charge in [0.2, 0.25) is 5.16 Å². The minimum Gasteiger partial charge on any atom is -0.370 e. The third-order valence-electron chi connectivity index (χ3n) is 2.65. The van der Waals surface area contributed by atoms with Gasteiger partial charge < -0.3 is 5.32 Å². The van der Waals surface area contributed by atoms with E-state index < -0.39 is 0 Å². The monoisotopic (exact) mass is 262 g/mol. The highest BCUT2D eigenvalue weighted by molar-refractivity contribution is 7.99. The molecule has 2 aromatic heterocycles. The van der Waals surface area contributed by atoms with Crippen LogP contribution in [0, 0.1) is 0 Å². The van der Waals surface area contributed by atoms with Crippen LogP contribution in [-0.4, -0.2) is 31.7 Å². The van der Waals surface area contributed by atoms with Crippen LogP contribution in [0.5, 0.6) is 0 Å². The molecule has 0 spiro atoms. The van der Waals surface area contributed by atoms with Crippen molar-refractivity contribution in [2.45, 2.75) is 35.9 Å². The Bertz CT molecular complexity index is 536. The summed E-state index contributed by atoms with van der Waals surface area (Å²) in [6, 6.07) is 4.48. The first-order valence-electron chi connectivity index (χ1n) is 6.02. The molecule has 1 fully saturated rings. The summed E-state index contributed by atoms with van der Waals surface area (Å²) in [6.45, 7) is 2.91. The van der Waals surface area contributed by atoms with Gasteiger partial charge in [-0.3, -0.25) is 0 Å². The van der Waals surface area contributed by atoms with E-state index in [-0.39, 0.29) is 0 Å². The maximum absolute atomic E-state index is 4.25. The van der Waals surface area contributed by atoms with Crippen LogP contribution in [0.25, 0.3) is 0 Å². The molecule has 18 heavy (non-hydrogen) atoms. The fraction of sp³-hybridized carbons (Fsp3) is 0.455. The number of aromatic nitrogens is 5. The molecule has 0 bridgehead atoms. The van der Waals surface area contributed by atoms with Crippen LogP contribution in [0.2, 0.25) is 0 Å². The van der Waals surface area contributed by atoms with E-state index in [4.69, 9.17) is 0 Å². The van der Waals surface area contributed by atoms with Gasteiger partial charge in [-0.05, 0) is 54.1 Å². The smallest absolute Gasteiger partial charge is 0.214 e. The topological polar surface area (TPSA) is 68.5 Å². The first-order chi connectivity index (χ1) is 8.86. The van der Waals surface area contributed by atoms with Crippen LogP contribution >= 0.6 is 11.8 Å². The predicted octanol–water partition coefficient (Wildman–Crippen LogP) is 1.99. The molecule has 1 saturated carbocycles. The largest absolute Gasteiger partial charge is 0.370 e. The Morgan fingerprint density at radius 1 is 1.50 bits per heavy atom. The van der Waals surface area contributed by atoms with Crippen molar-refractivity contribution < 1.29 is 0 Å².